The Labute approximate surface area is 54.2 Å². The van der Waals surface area contributed by atoms with Crippen LogP contribution in [0.5, 0.6) is 0 Å². The van der Waals surface area contributed by atoms with Gasteiger partial charge in [0.1, 0.15) is 12.1 Å². The van der Waals surface area contributed by atoms with Crippen LogP contribution >= 0.6 is 0 Å². The number of ketones is 1. The maximum atomic E-state index is 10.3. The van der Waals surface area contributed by atoms with Crippen molar-refractivity contribution in [3.05, 3.63) is 0 Å². The molecule has 0 rings (SSSR count). The van der Waals surface area contributed by atoms with Gasteiger partial charge >= 0.3 is 0 Å². The van der Waals surface area contributed by atoms with Crippen LogP contribution in [0.1, 0.15) is 19.8 Å². The number of carbonyl (C=O) groups is 2. The number of rotatable bonds is 4. The van der Waals surface area contributed by atoms with Gasteiger partial charge in [0.05, 0.1) is 6.04 Å². The van der Waals surface area contributed by atoms with Gasteiger partial charge < -0.3 is 15.3 Å². The lowest BCUT2D eigenvalue weighted by atomic mass is 10.1. The van der Waals surface area contributed by atoms with E-state index in [1.807, 2.05) is 0 Å². The second-order valence-electron chi connectivity index (χ2n) is 2.04. The van der Waals surface area contributed by atoms with Crippen LogP contribution in [-0.2, 0) is 9.59 Å². The highest BCUT2D eigenvalue weighted by atomic mass is 16.1. The summed E-state index contributed by atoms with van der Waals surface area (Å²) in [6.07, 6.45) is 1.53. The molecule has 3 nitrogen and oxygen atoms in total. The third-order valence-electron chi connectivity index (χ3n) is 1.00. The largest absolute Gasteiger partial charge is 0.322 e. The highest BCUT2D eigenvalue weighted by Gasteiger charge is 2.00. The SMILES string of the molecule is CC(=O)CC[C@H](N)C=O. The molecule has 0 aliphatic rings. The molecule has 2 N–H and O–H groups in total. The Morgan fingerprint density at radius 2 is 2.33 bits per heavy atom. The normalized spacial score (nSPS) is 12.7. The van der Waals surface area contributed by atoms with Crippen molar-refractivity contribution in [1.29, 1.82) is 0 Å². The summed E-state index contributed by atoms with van der Waals surface area (Å²) in [6.45, 7) is 1.48. The number of nitrogens with two attached hydrogens (primary N) is 1. The summed E-state index contributed by atoms with van der Waals surface area (Å²) in [4.78, 5) is 20.2. The lowest BCUT2D eigenvalue weighted by Crippen LogP contribution is -2.21. The van der Waals surface area contributed by atoms with Crippen LogP contribution in [0.4, 0.5) is 0 Å². The van der Waals surface area contributed by atoms with E-state index >= 15 is 0 Å². The number of carbonyl (C=O) groups excluding carboxylic acids is 2. The molecule has 0 amide bonds. The van der Waals surface area contributed by atoms with Crippen LogP contribution < -0.4 is 5.73 Å². The molecule has 0 saturated heterocycles. The smallest absolute Gasteiger partial charge is 0.136 e. The number of hydrogen-bond acceptors (Lipinski definition) is 3. The van der Waals surface area contributed by atoms with Crippen molar-refractivity contribution in [2.75, 3.05) is 0 Å². The van der Waals surface area contributed by atoms with Gasteiger partial charge in [-0.2, -0.15) is 0 Å². The monoisotopic (exact) mass is 129 g/mol. The van der Waals surface area contributed by atoms with Gasteiger partial charge in [0.2, 0.25) is 0 Å². The Bertz CT molecular complexity index is 112. The second kappa shape index (κ2) is 4.21. The molecule has 0 aromatic heterocycles. The fourth-order valence-corrected chi connectivity index (χ4v) is 0.438. The quantitative estimate of drug-likeness (QED) is 0.538. The lowest BCUT2D eigenvalue weighted by molar-refractivity contribution is -0.117. The molecular formula is C6H11NO2. The van der Waals surface area contributed by atoms with Gasteiger partial charge in [-0.1, -0.05) is 0 Å². The second-order valence-corrected chi connectivity index (χ2v) is 2.04. The Balaban J connectivity index is 3.26. The molecule has 0 heterocycles. The van der Waals surface area contributed by atoms with Gasteiger partial charge in [-0.05, 0) is 13.3 Å². The molecule has 9 heavy (non-hydrogen) atoms. The summed E-state index contributed by atoms with van der Waals surface area (Å²) < 4.78 is 0. The van der Waals surface area contributed by atoms with Crippen molar-refractivity contribution in [2.24, 2.45) is 5.73 Å². The van der Waals surface area contributed by atoms with Crippen molar-refractivity contribution in [3.63, 3.8) is 0 Å². The van der Waals surface area contributed by atoms with E-state index in [4.69, 9.17) is 5.73 Å². The molecule has 0 aromatic rings. The molecule has 0 aliphatic carbocycles. The van der Waals surface area contributed by atoms with Crippen LogP contribution in [0.3, 0.4) is 0 Å². The number of aldehydes is 1. The topological polar surface area (TPSA) is 60.2 Å². The van der Waals surface area contributed by atoms with Gasteiger partial charge in [0.15, 0.2) is 0 Å². The molecule has 0 radical (unpaired) electrons. The van der Waals surface area contributed by atoms with E-state index in [0.29, 0.717) is 19.1 Å². The van der Waals surface area contributed by atoms with Crippen LogP contribution in [0, 0.1) is 0 Å². The van der Waals surface area contributed by atoms with E-state index in [1.54, 1.807) is 0 Å². The van der Waals surface area contributed by atoms with Crippen LogP contribution in [0.25, 0.3) is 0 Å². The predicted octanol–water partition coefficient (Wildman–Crippen LogP) is -0.118. The maximum Gasteiger partial charge on any atom is 0.136 e. The molecule has 1 atom stereocenters. The Morgan fingerprint density at radius 3 is 2.67 bits per heavy atom. The summed E-state index contributed by atoms with van der Waals surface area (Å²) in [5.74, 6) is 0.0762. The van der Waals surface area contributed by atoms with Gasteiger partial charge in [-0.25, -0.2) is 0 Å². The van der Waals surface area contributed by atoms with Gasteiger partial charge in [0.25, 0.3) is 0 Å². The van der Waals surface area contributed by atoms with E-state index in [0.717, 1.165) is 0 Å². The average molecular weight is 129 g/mol. The fraction of sp³-hybridized carbons (Fsp3) is 0.667. The zero-order valence-corrected chi connectivity index (χ0v) is 5.46. The molecule has 0 spiro atoms. The van der Waals surface area contributed by atoms with Crippen molar-refractivity contribution in [1.82, 2.24) is 0 Å². The van der Waals surface area contributed by atoms with E-state index in [2.05, 4.69) is 0 Å². The number of hydrogen-bond donors (Lipinski definition) is 1. The van der Waals surface area contributed by atoms with E-state index < -0.39 is 6.04 Å². The van der Waals surface area contributed by atoms with Crippen molar-refractivity contribution in [2.45, 2.75) is 25.8 Å². The first kappa shape index (κ1) is 8.30. The predicted molar refractivity (Wildman–Crippen MR) is 34.0 cm³/mol. The highest BCUT2D eigenvalue weighted by molar-refractivity contribution is 5.76. The van der Waals surface area contributed by atoms with E-state index in [9.17, 15) is 9.59 Å². The minimum atomic E-state index is -0.464. The molecular weight excluding hydrogens is 118 g/mol. The molecule has 0 aromatic carbocycles. The molecule has 52 valence electrons. The highest BCUT2D eigenvalue weighted by Crippen LogP contribution is 1.91. The van der Waals surface area contributed by atoms with Crippen molar-refractivity contribution in [3.8, 4) is 0 Å². The molecule has 0 aliphatic heterocycles. The number of Topliss-reactive ketones (excluding diaryl/α,β-unsaturated/α-hetero) is 1. The van der Waals surface area contributed by atoms with Crippen LogP contribution in [-0.4, -0.2) is 18.1 Å². The third kappa shape index (κ3) is 5.17. The minimum Gasteiger partial charge on any atom is -0.322 e. The molecule has 0 unspecified atom stereocenters. The first-order valence-corrected chi connectivity index (χ1v) is 2.87. The Kier molecular flexibility index (Phi) is 3.88. The van der Waals surface area contributed by atoms with Crippen molar-refractivity contribution < 1.29 is 9.59 Å². The third-order valence-corrected chi connectivity index (χ3v) is 1.00. The summed E-state index contributed by atoms with van der Waals surface area (Å²) in [5, 5.41) is 0. The summed E-state index contributed by atoms with van der Waals surface area (Å²) in [7, 11) is 0. The fourth-order valence-electron chi connectivity index (χ4n) is 0.438. The van der Waals surface area contributed by atoms with E-state index in [1.165, 1.54) is 6.92 Å². The molecule has 0 saturated carbocycles. The lowest BCUT2D eigenvalue weighted by Gasteiger charge is -1.98. The first-order valence-electron chi connectivity index (χ1n) is 2.87. The maximum absolute atomic E-state index is 10.3. The average Bonchev–Trinajstić information content (AvgIpc) is 1.83. The summed E-state index contributed by atoms with van der Waals surface area (Å²) in [6, 6.07) is -0.464. The zero-order valence-electron chi connectivity index (χ0n) is 5.46. The van der Waals surface area contributed by atoms with Gasteiger partial charge in [0, 0.05) is 6.42 Å². The Hall–Kier alpha value is -0.700. The zero-order chi connectivity index (χ0) is 7.28. The van der Waals surface area contributed by atoms with Gasteiger partial charge in [-0.15, -0.1) is 0 Å². The van der Waals surface area contributed by atoms with Crippen LogP contribution in [0.2, 0.25) is 0 Å². The summed E-state index contributed by atoms with van der Waals surface area (Å²) in [5.41, 5.74) is 5.20. The van der Waals surface area contributed by atoms with Gasteiger partial charge in [-0.3, -0.25) is 0 Å². The van der Waals surface area contributed by atoms with Crippen LogP contribution in [0.15, 0.2) is 0 Å². The molecule has 0 fully saturated rings. The molecule has 0 bridgehead atoms. The Morgan fingerprint density at radius 1 is 1.78 bits per heavy atom. The first-order chi connectivity index (χ1) is 4.16. The van der Waals surface area contributed by atoms with E-state index in [-0.39, 0.29) is 5.78 Å². The van der Waals surface area contributed by atoms with Crippen molar-refractivity contribution >= 4 is 12.1 Å². The summed E-state index contributed by atoms with van der Waals surface area (Å²) >= 11 is 0. The standard InChI is InChI=1S/C6H11NO2/c1-5(9)2-3-6(7)4-8/h4,6H,2-3,7H2,1H3/t6-/m0/s1. The molecule has 3 heteroatoms. The minimum absolute atomic E-state index is 0.0762.